The van der Waals surface area contributed by atoms with Crippen molar-refractivity contribution in [3.05, 3.63) is 41.2 Å². The molecule has 0 saturated heterocycles. The fourth-order valence-electron chi connectivity index (χ4n) is 0.836. The number of hydrogen-bond acceptors (Lipinski definition) is 0. The lowest BCUT2D eigenvalue weighted by Gasteiger charge is -2.00. The monoisotopic (exact) mass is 170 g/mol. The van der Waals surface area contributed by atoms with E-state index in [0.29, 0.717) is 16.2 Å². The molecule has 0 saturated carbocycles. The van der Waals surface area contributed by atoms with E-state index in [2.05, 4.69) is 6.58 Å². The van der Waals surface area contributed by atoms with Gasteiger partial charge in [-0.2, -0.15) is 0 Å². The van der Waals surface area contributed by atoms with Crippen LogP contribution in [0.1, 0.15) is 12.5 Å². The van der Waals surface area contributed by atoms with Crippen LogP contribution in [0.5, 0.6) is 0 Å². The van der Waals surface area contributed by atoms with Gasteiger partial charge in [-0.05, 0) is 24.6 Å². The number of halogens is 2. The van der Waals surface area contributed by atoms with E-state index in [0.717, 1.165) is 0 Å². The largest absolute Gasteiger partial charge is 0.206 e. The Labute approximate surface area is 70.3 Å². The van der Waals surface area contributed by atoms with Crippen LogP contribution in [0, 0.1) is 5.82 Å². The highest BCUT2D eigenvalue weighted by Gasteiger charge is 2.01. The van der Waals surface area contributed by atoms with E-state index < -0.39 is 0 Å². The zero-order valence-corrected chi connectivity index (χ0v) is 6.95. The van der Waals surface area contributed by atoms with Gasteiger partial charge in [0.15, 0.2) is 0 Å². The van der Waals surface area contributed by atoms with Gasteiger partial charge in [-0.15, -0.1) is 0 Å². The molecule has 0 aliphatic rings. The van der Waals surface area contributed by atoms with Gasteiger partial charge in [-0.3, -0.25) is 0 Å². The normalized spacial score (nSPS) is 9.73. The molecule has 2 heteroatoms. The molecule has 0 amide bonds. The topological polar surface area (TPSA) is 0 Å². The summed E-state index contributed by atoms with van der Waals surface area (Å²) in [6.45, 7) is 5.39. The first kappa shape index (κ1) is 8.28. The maximum atomic E-state index is 13.0. The maximum absolute atomic E-state index is 13.0. The summed E-state index contributed by atoms with van der Waals surface area (Å²) in [4.78, 5) is 0. The van der Waals surface area contributed by atoms with Crippen LogP contribution in [0.4, 0.5) is 4.39 Å². The summed E-state index contributed by atoms with van der Waals surface area (Å²) in [6, 6.07) is 4.56. The van der Waals surface area contributed by atoms with Gasteiger partial charge in [-0.25, -0.2) is 4.39 Å². The Hall–Kier alpha value is -0.820. The lowest BCUT2D eigenvalue weighted by molar-refractivity contribution is 0.624. The van der Waals surface area contributed by atoms with Crippen molar-refractivity contribution in [1.82, 2.24) is 0 Å². The van der Waals surface area contributed by atoms with E-state index in [1.54, 1.807) is 19.1 Å². The van der Waals surface area contributed by atoms with Gasteiger partial charge < -0.3 is 0 Å². The Kier molecular flexibility index (Phi) is 2.30. The van der Waals surface area contributed by atoms with Crippen LogP contribution in [0.3, 0.4) is 0 Å². The van der Waals surface area contributed by atoms with Gasteiger partial charge in [0, 0.05) is 10.6 Å². The summed E-state index contributed by atoms with van der Waals surface area (Å²) in [5, 5.41) is 0.410. The molecular weight excluding hydrogens is 163 g/mol. The molecule has 0 unspecified atom stereocenters. The van der Waals surface area contributed by atoms with E-state index in [-0.39, 0.29) is 5.82 Å². The van der Waals surface area contributed by atoms with Crippen molar-refractivity contribution in [2.75, 3.05) is 0 Å². The van der Waals surface area contributed by atoms with E-state index in [1.165, 1.54) is 6.07 Å². The molecule has 1 aromatic carbocycles. The fourth-order valence-corrected chi connectivity index (χ4v) is 0.994. The van der Waals surface area contributed by atoms with Crippen LogP contribution in [-0.4, -0.2) is 0 Å². The molecule has 0 aliphatic heterocycles. The molecule has 0 heterocycles. The van der Waals surface area contributed by atoms with Crippen molar-refractivity contribution >= 4 is 17.2 Å². The second-order valence-electron chi connectivity index (χ2n) is 2.40. The molecule has 0 nitrogen and oxygen atoms in total. The quantitative estimate of drug-likeness (QED) is 0.605. The predicted octanol–water partition coefficient (Wildman–Crippen LogP) is 3.51. The number of allylic oxidation sites excluding steroid dienone is 1. The summed E-state index contributed by atoms with van der Waals surface area (Å²) in [7, 11) is 0. The highest BCUT2D eigenvalue weighted by atomic mass is 35.5. The van der Waals surface area contributed by atoms with Crippen LogP contribution >= 0.6 is 11.6 Å². The zero-order chi connectivity index (χ0) is 8.43. The van der Waals surface area contributed by atoms with E-state index in [9.17, 15) is 4.39 Å². The molecule has 0 spiro atoms. The van der Waals surface area contributed by atoms with Crippen molar-refractivity contribution in [2.45, 2.75) is 6.92 Å². The number of rotatable bonds is 1. The van der Waals surface area contributed by atoms with Crippen LogP contribution in [-0.2, 0) is 0 Å². The fraction of sp³-hybridized carbons (Fsp3) is 0.111. The zero-order valence-electron chi connectivity index (χ0n) is 6.20. The summed E-state index contributed by atoms with van der Waals surface area (Å²) < 4.78 is 13.0. The maximum Gasteiger partial charge on any atom is 0.132 e. The molecule has 0 fully saturated rings. The van der Waals surface area contributed by atoms with E-state index >= 15 is 0 Å². The van der Waals surface area contributed by atoms with Crippen molar-refractivity contribution in [3.63, 3.8) is 0 Å². The Bertz CT molecular complexity index is 292. The van der Waals surface area contributed by atoms with Crippen LogP contribution < -0.4 is 0 Å². The lowest BCUT2D eigenvalue weighted by atomic mass is 10.1. The summed E-state index contributed by atoms with van der Waals surface area (Å²) >= 11 is 5.55. The molecule has 0 bridgehead atoms. The third kappa shape index (κ3) is 1.81. The molecule has 0 radical (unpaired) electrons. The third-order valence-electron chi connectivity index (χ3n) is 1.39. The number of benzene rings is 1. The van der Waals surface area contributed by atoms with Gasteiger partial charge in [-0.1, -0.05) is 24.2 Å². The Morgan fingerprint density at radius 2 is 2.18 bits per heavy atom. The van der Waals surface area contributed by atoms with Crippen LogP contribution in [0.15, 0.2) is 24.8 Å². The highest BCUT2D eigenvalue weighted by Crippen LogP contribution is 2.19. The SMILES string of the molecule is C=C(C)c1ccc(Cl)cc1F. The third-order valence-corrected chi connectivity index (χ3v) is 1.63. The summed E-state index contributed by atoms with van der Waals surface area (Å²) in [5.74, 6) is -0.315. The molecule has 1 rings (SSSR count). The minimum absolute atomic E-state index is 0.315. The van der Waals surface area contributed by atoms with Gasteiger partial charge in [0.25, 0.3) is 0 Å². The van der Waals surface area contributed by atoms with E-state index in [1.807, 2.05) is 0 Å². The average molecular weight is 171 g/mol. The first-order valence-electron chi connectivity index (χ1n) is 3.22. The first-order chi connectivity index (χ1) is 5.11. The highest BCUT2D eigenvalue weighted by molar-refractivity contribution is 6.30. The minimum atomic E-state index is -0.315. The standard InChI is InChI=1S/C9H8ClF/c1-6(2)8-4-3-7(10)5-9(8)11/h3-5H,1H2,2H3. The first-order valence-corrected chi connectivity index (χ1v) is 3.60. The Balaban J connectivity index is 3.20. The Morgan fingerprint density at radius 3 is 2.64 bits per heavy atom. The molecule has 0 atom stereocenters. The van der Waals surface area contributed by atoms with Crippen molar-refractivity contribution < 1.29 is 4.39 Å². The molecule has 58 valence electrons. The predicted molar refractivity (Wildman–Crippen MR) is 46.1 cm³/mol. The molecule has 0 aliphatic carbocycles. The van der Waals surface area contributed by atoms with Crippen molar-refractivity contribution in [2.24, 2.45) is 0 Å². The van der Waals surface area contributed by atoms with Crippen LogP contribution in [0.2, 0.25) is 5.02 Å². The molecular formula is C9H8ClF. The van der Waals surface area contributed by atoms with Gasteiger partial charge in [0.05, 0.1) is 0 Å². The summed E-state index contributed by atoms with van der Waals surface area (Å²) in [5.41, 5.74) is 1.23. The lowest BCUT2D eigenvalue weighted by Crippen LogP contribution is -1.84. The van der Waals surface area contributed by atoms with Crippen LogP contribution in [0.25, 0.3) is 5.57 Å². The summed E-state index contributed by atoms with van der Waals surface area (Å²) in [6.07, 6.45) is 0. The second kappa shape index (κ2) is 3.05. The molecule has 11 heavy (non-hydrogen) atoms. The van der Waals surface area contributed by atoms with Crippen molar-refractivity contribution in [3.8, 4) is 0 Å². The van der Waals surface area contributed by atoms with Gasteiger partial charge in [0.2, 0.25) is 0 Å². The Morgan fingerprint density at radius 1 is 1.55 bits per heavy atom. The average Bonchev–Trinajstić information content (AvgIpc) is 1.85. The van der Waals surface area contributed by atoms with Crippen molar-refractivity contribution in [1.29, 1.82) is 0 Å². The molecule has 0 N–H and O–H groups in total. The molecule has 1 aromatic rings. The second-order valence-corrected chi connectivity index (χ2v) is 2.84. The molecule has 0 aromatic heterocycles. The van der Waals surface area contributed by atoms with Gasteiger partial charge in [0.1, 0.15) is 5.82 Å². The minimum Gasteiger partial charge on any atom is -0.206 e. The van der Waals surface area contributed by atoms with E-state index in [4.69, 9.17) is 11.6 Å². The number of hydrogen-bond donors (Lipinski definition) is 0. The smallest absolute Gasteiger partial charge is 0.132 e. The van der Waals surface area contributed by atoms with Gasteiger partial charge >= 0.3 is 0 Å².